The molecule has 0 heterocycles. The van der Waals surface area contributed by atoms with Crippen LogP contribution in [0.1, 0.15) is 24.5 Å². The van der Waals surface area contributed by atoms with E-state index in [4.69, 9.17) is 4.74 Å². The molecule has 4 nitrogen and oxygen atoms in total. The van der Waals surface area contributed by atoms with Crippen molar-refractivity contribution in [2.24, 2.45) is 0 Å². The van der Waals surface area contributed by atoms with Gasteiger partial charge in [-0.05, 0) is 25.3 Å². The van der Waals surface area contributed by atoms with Crippen LogP contribution < -0.4 is 4.72 Å². The van der Waals surface area contributed by atoms with Gasteiger partial charge in [-0.25, -0.2) is 13.1 Å². The number of ether oxygens (including phenoxy) is 1. The fourth-order valence-electron chi connectivity index (χ4n) is 1.66. The summed E-state index contributed by atoms with van der Waals surface area (Å²) in [6.07, 6.45) is 1.48. The maximum absolute atomic E-state index is 11.3. The summed E-state index contributed by atoms with van der Waals surface area (Å²) >= 11 is 0. The normalized spacial score (nSPS) is 11.7. The highest BCUT2D eigenvalue weighted by Gasteiger charge is 2.06. The molecule has 0 bridgehead atoms. The van der Waals surface area contributed by atoms with E-state index in [1.54, 1.807) is 0 Å². The molecule has 0 spiro atoms. The van der Waals surface area contributed by atoms with Crippen molar-refractivity contribution < 1.29 is 13.2 Å². The molecule has 0 amide bonds. The lowest BCUT2D eigenvalue weighted by molar-refractivity contribution is 0.142. The van der Waals surface area contributed by atoms with Crippen molar-refractivity contribution in [1.82, 2.24) is 4.72 Å². The molecule has 0 aromatic heterocycles. The summed E-state index contributed by atoms with van der Waals surface area (Å²) in [6, 6.07) is 8.33. The third kappa shape index (κ3) is 7.30. The Morgan fingerprint density at radius 1 is 1.16 bits per heavy atom. The molecule has 1 aromatic carbocycles. The lowest BCUT2D eigenvalue weighted by atomic mass is 10.1. The van der Waals surface area contributed by atoms with Crippen LogP contribution in [0.2, 0.25) is 0 Å². The van der Waals surface area contributed by atoms with E-state index in [0.29, 0.717) is 26.2 Å². The SMILES string of the molecule is CCCS(=O)(=O)NCCOCCc1ccc(C)cc1. The fraction of sp³-hybridized carbons (Fsp3) is 0.571. The van der Waals surface area contributed by atoms with Crippen LogP contribution in [0.15, 0.2) is 24.3 Å². The number of rotatable bonds is 9. The Hall–Kier alpha value is -0.910. The van der Waals surface area contributed by atoms with Crippen LogP contribution in [0.5, 0.6) is 0 Å². The molecule has 0 radical (unpaired) electrons. The Kier molecular flexibility index (Phi) is 7.05. The first kappa shape index (κ1) is 16.1. The fourth-order valence-corrected chi connectivity index (χ4v) is 2.73. The Bertz CT molecular complexity index is 454. The summed E-state index contributed by atoms with van der Waals surface area (Å²) in [6.45, 7) is 5.27. The van der Waals surface area contributed by atoms with E-state index in [-0.39, 0.29) is 5.75 Å². The van der Waals surface area contributed by atoms with Gasteiger partial charge in [-0.3, -0.25) is 0 Å². The zero-order chi connectivity index (χ0) is 14.1. The Morgan fingerprint density at radius 3 is 2.47 bits per heavy atom. The number of hydrogen-bond donors (Lipinski definition) is 1. The molecule has 1 aromatic rings. The first-order chi connectivity index (χ1) is 9.03. The van der Waals surface area contributed by atoms with Crippen molar-refractivity contribution >= 4 is 10.0 Å². The summed E-state index contributed by atoms with van der Waals surface area (Å²) in [5.74, 6) is 0.177. The molecule has 0 saturated carbocycles. The summed E-state index contributed by atoms with van der Waals surface area (Å²) in [7, 11) is -3.11. The van der Waals surface area contributed by atoms with Gasteiger partial charge in [0.2, 0.25) is 10.0 Å². The van der Waals surface area contributed by atoms with Crippen molar-refractivity contribution in [1.29, 1.82) is 0 Å². The molecule has 0 aliphatic rings. The second-order valence-electron chi connectivity index (χ2n) is 4.56. The van der Waals surface area contributed by atoms with Gasteiger partial charge in [0.25, 0.3) is 0 Å². The molecule has 5 heteroatoms. The Labute approximate surface area is 116 Å². The van der Waals surface area contributed by atoms with Gasteiger partial charge in [0.1, 0.15) is 0 Å². The van der Waals surface area contributed by atoms with E-state index in [1.807, 2.05) is 6.92 Å². The summed E-state index contributed by atoms with van der Waals surface area (Å²) in [5.41, 5.74) is 2.48. The minimum atomic E-state index is -3.11. The average molecular weight is 285 g/mol. The second-order valence-corrected chi connectivity index (χ2v) is 6.49. The third-order valence-electron chi connectivity index (χ3n) is 2.70. The highest BCUT2D eigenvalue weighted by Crippen LogP contribution is 2.03. The van der Waals surface area contributed by atoms with Gasteiger partial charge in [-0.1, -0.05) is 36.8 Å². The molecular weight excluding hydrogens is 262 g/mol. The standard InChI is InChI=1S/C14H23NO3S/c1-3-12-19(16,17)15-9-11-18-10-8-14-6-4-13(2)5-7-14/h4-7,15H,3,8-12H2,1-2H3. The average Bonchev–Trinajstić information content (AvgIpc) is 2.35. The quantitative estimate of drug-likeness (QED) is 0.705. The van der Waals surface area contributed by atoms with E-state index in [2.05, 4.69) is 35.9 Å². The molecule has 0 fully saturated rings. The molecule has 108 valence electrons. The van der Waals surface area contributed by atoms with Crippen LogP contribution in [0.25, 0.3) is 0 Å². The molecule has 1 N–H and O–H groups in total. The maximum atomic E-state index is 11.3. The van der Waals surface area contributed by atoms with Gasteiger partial charge in [-0.15, -0.1) is 0 Å². The summed E-state index contributed by atoms with van der Waals surface area (Å²) in [4.78, 5) is 0. The minimum absolute atomic E-state index is 0.177. The van der Waals surface area contributed by atoms with Crippen LogP contribution in [0, 0.1) is 6.92 Å². The molecule has 1 rings (SSSR count). The van der Waals surface area contributed by atoms with Gasteiger partial charge in [-0.2, -0.15) is 0 Å². The van der Waals surface area contributed by atoms with E-state index < -0.39 is 10.0 Å². The smallest absolute Gasteiger partial charge is 0.211 e. The van der Waals surface area contributed by atoms with Crippen molar-refractivity contribution in [2.45, 2.75) is 26.7 Å². The summed E-state index contributed by atoms with van der Waals surface area (Å²) in [5, 5.41) is 0. The molecular formula is C14H23NO3S. The largest absolute Gasteiger partial charge is 0.380 e. The molecule has 19 heavy (non-hydrogen) atoms. The minimum Gasteiger partial charge on any atom is -0.380 e. The van der Waals surface area contributed by atoms with Crippen LogP contribution in [0.4, 0.5) is 0 Å². The number of hydrogen-bond acceptors (Lipinski definition) is 3. The predicted octanol–water partition coefficient (Wildman–Crippen LogP) is 1.88. The first-order valence-corrected chi connectivity index (χ1v) is 8.29. The monoisotopic (exact) mass is 285 g/mol. The van der Waals surface area contributed by atoms with Crippen molar-refractivity contribution in [2.75, 3.05) is 25.5 Å². The zero-order valence-electron chi connectivity index (χ0n) is 11.7. The van der Waals surface area contributed by atoms with Crippen molar-refractivity contribution in [3.8, 4) is 0 Å². The number of nitrogens with one attached hydrogen (secondary N) is 1. The van der Waals surface area contributed by atoms with Crippen LogP contribution in [0.3, 0.4) is 0 Å². The van der Waals surface area contributed by atoms with Crippen molar-refractivity contribution in [3.63, 3.8) is 0 Å². The van der Waals surface area contributed by atoms with Crippen LogP contribution in [-0.2, 0) is 21.2 Å². The van der Waals surface area contributed by atoms with E-state index in [0.717, 1.165) is 6.42 Å². The summed E-state index contributed by atoms with van der Waals surface area (Å²) < 4.78 is 30.6. The predicted molar refractivity (Wildman–Crippen MR) is 77.8 cm³/mol. The van der Waals surface area contributed by atoms with Gasteiger partial charge in [0.15, 0.2) is 0 Å². The van der Waals surface area contributed by atoms with E-state index in [1.165, 1.54) is 11.1 Å². The highest BCUT2D eigenvalue weighted by atomic mass is 32.2. The second kappa shape index (κ2) is 8.30. The molecule has 0 aliphatic carbocycles. The van der Waals surface area contributed by atoms with Gasteiger partial charge in [0.05, 0.1) is 19.0 Å². The van der Waals surface area contributed by atoms with E-state index >= 15 is 0 Å². The first-order valence-electron chi connectivity index (χ1n) is 6.64. The van der Waals surface area contributed by atoms with Crippen molar-refractivity contribution in [3.05, 3.63) is 35.4 Å². The molecule has 0 saturated heterocycles. The lowest BCUT2D eigenvalue weighted by Gasteiger charge is -2.07. The van der Waals surface area contributed by atoms with Gasteiger partial charge >= 0.3 is 0 Å². The van der Waals surface area contributed by atoms with E-state index in [9.17, 15) is 8.42 Å². The molecule has 0 atom stereocenters. The maximum Gasteiger partial charge on any atom is 0.211 e. The Morgan fingerprint density at radius 2 is 1.84 bits per heavy atom. The van der Waals surface area contributed by atoms with Crippen LogP contribution in [-0.4, -0.2) is 33.9 Å². The third-order valence-corrected chi connectivity index (χ3v) is 4.29. The Balaban J connectivity index is 2.10. The molecule has 0 unspecified atom stereocenters. The highest BCUT2D eigenvalue weighted by molar-refractivity contribution is 7.89. The zero-order valence-corrected chi connectivity index (χ0v) is 12.5. The number of aryl methyl sites for hydroxylation is 1. The number of sulfonamides is 1. The topological polar surface area (TPSA) is 55.4 Å². The van der Waals surface area contributed by atoms with Gasteiger partial charge in [0, 0.05) is 6.54 Å². The van der Waals surface area contributed by atoms with Crippen LogP contribution >= 0.6 is 0 Å². The number of benzene rings is 1. The lowest BCUT2D eigenvalue weighted by Crippen LogP contribution is -2.29. The molecule has 0 aliphatic heterocycles. The van der Waals surface area contributed by atoms with Gasteiger partial charge < -0.3 is 4.74 Å².